The van der Waals surface area contributed by atoms with Crippen molar-refractivity contribution in [2.24, 2.45) is 0 Å². The molecule has 6 fully saturated rings. The Morgan fingerprint density at radius 3 is 1.40 bits per heavy atom. The maximum atomic E-state index is 14.1. The molecule has 6 saturated heterocycles. The number of hydrogen-bond donors (Lipinski definition) is 4. The van der Waals surface area contributed by atoms with Gasteiger partial charge in [0.05, 0.1) is 35.9 Å². The molecule has 10 aromatic rings. The fourth-order valence-electron chi connectivity index (χ4n) is 15.7. The van der Waals surface area contributed by atoms with Gasteiger partial charge in [-0.25, -0.2) is 42.5 Å². The summed E-state index contributed by atoms with van der Waals surface area (Å²) in [7, 11) is 0. The molecule has 27 nitrogen and oxygen atoms in total. The molecule has 4 aromatic carbocycles. The second kappa shape index (κ2) is 32.1. The number of pyridine rings is 2. The number of piperazine rings is 2. The molecule has 29 heteroatoms. The number of benzene rings is 4. The van der Waals surface area contributed by atoms with Gasteiger partial charge >= 0.3 is 5.97 Å². The molecule has 6 aromatic heterocycles. The SMILES string of the molecule is C.Fc1cccc([C@H]2CCCN2c2ccc3ncc(-c4cccc(N5CCNCC5)n4)n3n2)c1.O=C(O)C#Cc1ccc2c(c1)C(=O)N(C1CCC(=O)NC1=O)C2.O=C1CCC(N2Cc3ccc(C#CC(=O)N4CCN(c5cccc(-c6cnc7ccc(N8CCC[C@@H]8c8cccc(F)c8)nn67)n5)CC4)cc3C2=O)C(=O)N1. The quantitative estimate of drug-likeness (QED) is 0.0746. The Balaban J connectivity index is 0.000000147. The minimum Gasteiger partial charge on any atom is -0.472 e. The van der Waals surface area contributed by atoms with Crippen molar-refractivity contribution >= 4 is 81.9 Å². The summed E-state index contributed by atoms with van der Waals surface area (Å²) >= 11 is 0. The summed E-state index contributed by atoms with van der Waals surface area (Å²) in [5.41, 5.74) is 9.94. The van der Waals surface area contributed by atoms with Gasteiger partial charge < -0.3 is 44.7 Å². The van der Waals surface area contributed by atoms with Gasteiger partial charge in [0.15, 0.2) is 11.3 Å². The minimum absolute atomic E-state index is 0. The number of imide groups is 2. The van der Waals surface area contributed by atoms with Crippen molar-refractivity contribution < 1.29 is 52.2 Å². The molecule has 4 N–H and O–H groups in total. The van der Waals surface area contributed by atoms with Crippen molar-refractivity contribution in [2.45, 2.75) is 96.1 Å². The number of hydrogen-bond acceptors (Lipinski definition) is 19. The summed E-state index contributed by atoms with van der Waals surface area (Å²) in [6.45, 7) is 8.17. The van der Waals surface area contributed by atoms with Gasteiger partial charge in [0.25, 0.3) is 17.7 Å². The van der Waals surface area contributed by atoms with Crippen LogP contribution in [0.15, 0.2) is 158 Å². The Hall–Kier alpha value is -13.3. The molecule has 8 aliphatic heterocycles. The predicted molar refractivity (Wildman–Crippen MR) is 411 cm³/mol. The smallest absolute Gasteiger partial charge is 0.382 e. The highest BCUT2D eigenvalue weighted by Crippen LogP contribution is 2.39. The third-order valence-electron chi connectivity index (χ3n) is 21.3. The fraction of sp³-hybridized carbons (Fsp3) is 0.301. The number of nitrogens with one attached hydrogen (secondary N) is 3. The fourth-order valence-corrected chi connectivity index (χ4v) is 15.7. The molecule has 18 rings (SSSR count). The van der Waals surface area contributed by atoms with Crippen LogP contribution in [0.1, 0.15) is 125 Å². The molecule has 8 aliphatic rings. The maximum Gasteiger partial charge on any atom is 0.382 e. The molecule has 2 unspecified atom stereocenters. The van der Waals surface area contributed by atoms with E-state index in [-0.39, 0.29) is 86.6 Å². The van der Waals surface area contributed by atoms with Gasteiger partial charge in [-0.2, -0.15) is 0 Å². The van der Waals surface area contributed by atoms with Gasteiger partial charge in [-0.15, -0.1) is 10.2 Å². The van der Waals surface area contributed by atoms with Crippen LogP contribution in [0.4, 0.5) is 32.1 Å². The highest BCUT2D eigenvalue weighted by molar-refractivity contribution is 6.07. The maximum absolute atomic E-state index is 14.1. The van der Waals surface area contributed by atoms with Gasteiger partial charge in [-0.3, -0.25) is 44.2 Å². The largest absolute Gasteiger partial charge is 0.472 e. The third-order valence-corrected chi connectivity index (χ3v) is 21.3. The Morgan fingerprint density at radius 1 is 0.473 bits per heavy atom. The number of imidazole rings is 2. The first-order chi connectivity index (χ1) is 54.0. The number of carboxylic acids is 1. The number of aliphatic carboxylic acids is 1. The Morgan fingerprint density at radius 2 is 0.938 bits per heavy atom. The van der Waals surface area contributed by atoms with E-state index in [1.807, 2.05) is 87.9 Å². The summed E-state index contributed by atoms with van der Waals surface area (Å²) in [5.74, 6) is 9.36. The topological polar surface area (TPSA) is 302 Å². The lowest BCUT2D eigenvalue weighted by Gasteiger charge is -2.34. The van der Waals surface area contributed by atoms with Crippen LogP contribution >= 0.6 is 0 Å². The summed E-state index contributed by atoms with van der Waals surface area (Å²) in [6.07, 6.45) is 8.52. The van der Waals surface area contributed by atoms with E-state index in [0.29, 0.717) is 66.9 Å². The number of nitrogens with zero attached hydrogens (tertiary/aromatic N) is 15. The summed E-state index contributed by atoms with van der Waals surface area (Å²) in [5, 5.41) is 26.4. The number of anilines is 4. The van der Waals surface area contributed by atoms with Crippen LogP contribution in [0.2, 0.25) is 0 Å². The highest BCUT2D eigenvalue weighted by atomic mass is 19.1. The van der Waals surface area contributed by atoms with Gasteiger partial charge in [0, 0.05) is 125 Å². The molecular formula is C83H78F2N18O9. The third kappa shape index (κ3) is 15.6. The zero-order chi connectivity index (χ0) is 76.4. The molecule has 0 spiro atoms. The molecule has 0 saturated carbocycles. The van der Waals surface area contributed by atoms with Gasteiger partial charge in [-0.1, -0.05) is 67.8 Å². The monoisotopic (exact) mass is 1510 g/mol. The first kappa shape index (κ1) is 74.2. The van der Waals surface area contributed by atoms with Crippen molar-refractivity contribution in [1.82, 2.24) is 69.8 Å². The molecule has 0 radical (unpaired) electrons. The van der Waals surface area contributed by atoms with Gasteiger partial charge in [0.1, 0.15) is 58.4 Å². The van der Waals surface area contributed by atoms with E-state index in [2.05, 4.69) is 69.3 Å². The number of halogens is 2. The van der Waals surface area contributed by atoms with E-state index >= 15 is 0 Å². The number of fused-ring (bicyclic) bond motifs is 4. The zero-order valence-electron chi connectivity index (χ0n) is 60.1. The molecular weight excluding hydrogens is 1430 g/mol. The van der Waals surface area contributed by atoms with Crippen LogP contribution in [0.25, 0.3) is 34.1 Å². The Kier molecular flexibility index (Phi) is 21.3. The number of carbonyl (C=O) groups is 8. The van der Waals surface area contributed by atoms with Crippen molar-refractivity contribution in [3.8, 4) is 46.5 Å². The van der Waals surface area contributed by atoms with Crippen molar-refractivity contribution in [3.05, 3.63) is 214 Å². The lowest BCUT2D eigenvalue weighted by atomic mass is 10.0. The lowest BCUT2D eigenvalue weighted by molar-refractivity contribution is -0.138. The first-order valence-corrected chi connectivity index (χ1v) is 37.0. The average Bonchev–Trinajstić information content (AvgIpc) is 1.64. The van der Waals surface area contributed by atoms with E-state index < -0.39 is 29.9 Å². The normalized spacial score (nSPS) is 19.3. The second-order valence-electron chi connectivity index (χ2n) is 28.2. The van der Waals surface area contributed by atoms with Gasteiger partial charge in [0.2, 0.25) is 23.6 Å². The highest BCUT2D eigenvalue weighted by Gasteiger charge is 2.41. The van der Waals surface area contributed by atoms with E-state index in [9.17, 15) is 47.1 Å². The number of rotatable bonds is 10. The first-order valence-electron chi connectivity index (χ1n) is 37.0. The van der Waals surface area contributed by atoms with Crippen LogP contribution in [-0.4, -0.2) is 184 Å². The van der Waals surface area contributed by atoms with Crippen molar-refractivity contribution in [3.63, 3.8) is 0 Å². The number of aromatic nitrogens is 8. The number of carbonyl (C=O) groups excluding carboxylic acids is 7. The van der Waals surface area contributed by atoms with E-state index in [1.54, 1.807) is 65.7 Å². The van der Waals surface area contributed by atoms with Crippen LogP contribution in [0, 0.1) is 35.3 Å². The predicted octanol–water partition coefficient (Wildman–Crippen LogP) is 7.93. The zero-order valence-corrected chi connectivity index (χ0v) is 60.1. The minimum atomic E-state index is -1.25. The Bertz CT molecular complexity index is 5540. The lowest BCUT2D eigenvalue weighted by Crippen LogP contribution is -2.52. The van der Waals surface area contributed by atoms with Crippen LogP contribution in [0.5, 0.6) is 0 Å². The molecule has 14 heterocycles. The van der Waals surface area contributed by atoms with Crippen molar-refractivity contribution in [2.75, 3.05) is 85.0 Å². The van der Waals surface area contributed by atoms with Crippen molar-refractivity contribution in [1.29, 1.82) is 0 Å². The second-order valence-corrected chi connectivity index (χ2v) is 28.2. The molecule has 4 atom stereocenters. The summed E-state index contributed by atoms with van der Waals surface area (Å²) < 4.78 is 31.6. The number of amides is 7. The molecule has 112 heavy (non-hydrogen) atoms. The molecule has 568 valence electrons. The summed E-state index contributed by atoms with van der Waals surface area (Å²) in [4.78, 5) is 129. The average molecular weight is 1510 g/mol. The van der Waals surface area contributed by atoms with E-state index in [0.717, 1.165) is 139 Å². The summed E-state index contributed by atoms with van der Waals surface area (Å²) in [6, 6.07) is 42.4. The van der Waals surface area contributed by atoms with Crippen LogP contribution in [0.3, 0.4) is 0 Å². The van der Waals surface area contributed by atoms with E-state index in [4.69, 9.17) is 25.3 Å². The Labute approximate surface area is 642 Å². The van der Waals surface area contributed by atoms with Crippen LogP contribution < -0.4 is 35.6 Å². The standard InChI is InChI=1S/C41H36FN9O4.C25H26FN7.C16H12N2O5.CH4/c42-29-5-1-4-27(23-29)32-7-3-17-49(32)37-14-13-35-43-24-34(51(35)46-37)31-6-2-8-36(44-31)47-18-20-48(21-19-47)39(53)16-10-26-9-11-28-25-50(41(55)30(28)22-26)33-12-15-38(52)45-40(33)54;26-19-5-1-4-18(16-19)21-7-3-13-32(21)25-10-9-23-28-17-22(33(23)30-25)20-6-2-8-24(29-20)31-14-11-27-12-15-31;19-13-5-4-12(15(22)17-13)18-8-10-3-1-9(2-6-14(20)21)7-11(10)16(18)23;/h1-2,4-6,8-9,11,13-14,22-24,32-33H,3,7,12,15,17-21,25H2,(H,45,52,54);1-2,4-6,8-10,16-17,21,27H,3,7,11-15H2;1,3,7,12H,4-5,8H2,(H,20,21)(H,17,19,22);1H4/t32-,33?;21-;;/m11../s1. The van der Waals surface area contributed by atoms with Crippen LogP contribution in [-0.2, 0) is 41.9 Å². The van der Waals surface area contributed by atoms with Gasteiger partial charge in [-0.05, 0) is 158 Å². The van der Waals surface area contributed by atoms with E-state index in [1.165, 1.54) is 28.0 Å². The number of piperidine rings is 2. The molecule has 0 bridgehead atoms. The number of carboxylic acid groups (broad SMARTS) is 1. The molecule has 0 aliphatic carbocycles. The molecule has 7 amide bonds.